The Morgan fingerprint density at radius 3 is 2.41 bits per heavy atom. The van der Waals surface area contributed by atoms with Gasteiger partial charge in [-0.25, -0.2) is 4.79 Å². The van der Waals surface area contributed by atoms with Crippen LogP contribution in [0, 0.1) is 0 Å². The number of carbonyl (C=O) groups is 2. The smallest absolute Gasteiger partial charge is 0.408 e. The molecule has 0 fully saturated rings. The van der Waals surface area contributed by atoms with E-state index in [-0.39, 0.29) is 19.6 Å². The van der Waals surface area contributed by atoms with Crippen LogP contribution in [0.5, 0.6) is 0 Å². The lowest BCUT2D eigenvalue weighted by Gasteiger charge is -2.24. The molecule has 6 heteroatoms. The molecule has 1 atom stereocenters. The van der Waals surface area contributed by atoms with Crippen LogP contribution >= 0.6 is 0 Å². The van der Waals surface area contributed by atoms with Gasteiger partial charge in [-0.05, 0) is 26.3 Å². The molecule has 6 nitrogen and oxygen atoms in total. The summed E-state index contributed by atoms with van der Waals surface area (Å²) in [7, 11) is 0. The summed E-state index contributed by atoms with van der Waals surface area (Å²) in [5, 5.41) is 11.3. The maximum absolute atomic E-state index is 11.9. The van der Waals surface area contributed by atoms with Crippen LogP contribution in [0.15, 0.2) is 30.3 Å². The number of ether oxygens (including phenoxy) is 2. The zero-order valence-electron chi connectivity index (χ0n) is 13.2. The lowest BCUT2D eigenvalue weighted by atomic mass is 10.1. The first-order valence-electron chi connectivity index (χ1n) is 7.12. The molecule has 122 valence electrons. The van der Waals surface area contributed by atoms with E-state index >= 15 is 0 Å². The average molecular weight is 309 g/mol. The molecule has 1 aromatic rings. The summed E-state index contributed by atoms with van der Waals surface area (Å²) >= 11 is 0. The lowest BCUT2D eigenvalue weighted by Crippen LogP contribution is -2.36. The van der Waals surface area contributed by atoms with Crippen molar-refractivity contribution in [3.05, 3.63) is 35.9 Å². The van der Waals surface area contributed by atoms with E-state index in [0.29, 0.717) is 0 Å². The summed E-state index contributed by atoms with van der Waals surface area (Å²) in [6.45, 7) is 5.62. The second-order valence-corrected chi connectivity index (χ2v) is 5.83. The standard InChI is InChI=1S/C16H23NO5/c1-16(2,3)22-15(20)17-13(11-21-10-9-14(18)19)12-7-5-4-6-8-12/h4-8,13H,9-11H2,1-3H3,(H,17,20)(H,18,19). The van der Waals surface area contributed by atoms with Crippen molar-refractivity contribution >= 4 is 12.1 Å². The Hall–Kier alpha value is -2.08. The Morgan fingerprint density at radius 2 is 1.86 bits per heavy atom. The molecule has 1 amide bonds. The largest absolute Gasteiger partial charge is 0.481 e. The number of amides is 1. The van der Waals surface area contributed by atoms with E-state index < -0.39 is 23.7 Å². The minimum Gasteiger partial charge on any atom is -0.481 e. The predicted molar refractivity (Wildman–Crippen MR) is 81.6 cm³/mol. The van der Waals surface area contributed by atoms with Gasteiger partial charge in [0, 0.05) is 0 Å². The van der Waals surface area contributed by atoms with Crippen LogP contribution < -0.4 is 5.32 Å². The number of carbonyl (C=O) groups excluding carboxylic acids is 1. The van der Waals surface area contributed by atoms with E-state index in [0.717, 1.165) is 5.56 Å². The molecule has 2 N–H and O–H groups in total. The quantitative estimate of drug-likeness (QED) is 0.756. The molecule has 0 saturated heterocycles. The number of alkyl carbamates (subject to hydrolysis) is 1. The number of nitrogens with one attached hydrogen (secondary N) is 1. The number of benzene rings is 1. The molecule has 0 bridgehead atoms. The first kappa shape index (κ1) is 18.0. The summed E-state index contributed by atoms with van der Waals surface area (Å²) in [6, 6.07) is 8.92. The van der Waals surface area contributed by atoms with Crippen molar-refractivity contribution < 1.29 is 24.2 Å². The Balaban J connectivity index is 2.62. The second-order valence-electron chi connectivity index (χ2n) is 5.83. The zero-order chi connectivity index (χ0) is 16.6. The van der Waals surface area contributed by atoms with Gasteiger partial charge in [0.25, 0.3) is 0 Å². The topological polar surface area (TPSA) is 84.9 Å². The number of carboxylic acids is 1. The fraction of sp³-hybridized carbons (Fsp3) is 0.500. The number of carboxylic acid groups (broad SMARTS) is 1. The van der Waals surface area contributed by atoms with Gasteiger partial charge in [0.15, 0.2) is 0 Å². The Morgan fingerprint density at radius 1 is 1.23 bits per heavy atom. The molecule has 0 aliphatic rings. The third-order valence-corrected chi connectivity index (χ3v) is 2.64. The first-order chi connectivity index (χ1) is 10.3. The van der Waals surface area contributed by atoms with Gasteiger partial charge in [0.2, 0.25) is 0 Å². The van der Waals surface area contributed by atoms with Crippen LogP contribution in [0.3, 0.4) is 0 Å². The summed E-state index contributed by atoms with van der Waals surface area (Å²) in [5.41, 5.74) is 0.277. The van der Waals surface area contributed by atoms with Gasteiger partial charge in [-0.3, -0.25) is 4.79 Å². The van der Waals surface area contributed by atoms with Crippen molar-refractivity contribution in [2.75, 3.05) is 13.2 Å². The van der Waals surface area contributed by atoms with Crippen LogP contribution in [0.1, 0.15) is 38.8 Å². The van der Waals surface area contributed by atoms with Crippen molar-refractivity contribution in [3.8, 4) is 0 Å². The van der Waals surface area contributed by atoms with E-state index in [4.69, 9.17) is 14.6 Å². The summed E-state index contributed by atoms with van der Waals surface area (Å²) in [4.78, 5) is 22.4. The van der Waals surface area contributed by atoms with E-state index in [9.17, 15) is 9.59 Å². The fourth-order valence-electron chi connectivity index (χ4n) is 1.72. The molecule has 0 aliphatic heterocycles. The van der Waals surface area contributed by atoms with Gasteiger partial charge in [-0.15, -0.1) is 0 Å². The van der Waals surface area contributed by atoms with Crippen molar-refractivity contribution in [2.24, 2.45) is 0 Å². The predicted octanol–water partition coefficient (Wildman–Crippen LogP) is 2.74. The molecule has 1 aromatic carbocycles. The van der Waals surface area contributed by atoms with E-state index in [2.05, 4.69) is 5.32 Å². The molecular weight excluding hydrogens is 286 g/mol. The SMILES string of the molecule is CC(C)(C)OC(=O)NC(COCCC(=O)O)c1ccccc1. The molecule has 0 spiro atoms. The second kappa shape index (κ2) is 8.38. The molecule has 0 aromatic heterocycles. The normalized spacial score (nSPS) is 12.5. The Bertz CT molecular complexity index is 481. The highest BCUT2D eigenvalue weighted by Crippen LogP contribution is 2.15. The molecule has 0 saturated carbocycles. The summed E-state index contributed by atoms with van der Waals surface area (Å²) in [6.07, 6.45) is -0.614. The van der Waals surface area contributed by atoms with Gasteiger partial charge in [0.05, 0.1) is 25.7 Å². The van der Waals surface area contributed by atoms with Gasteiger partial charge in [-0.2, -0.15) is 0 Å². The monoisotopic (exact) mass is 309 g/mol. The molecular formula is C16H23NO5. The Labute approximate surface area is 130 Å². The lowest BCUT2D eigenvalue weighted by molar-refractivity contribution is -0.138. The van der Waals surface area contributed by atoms with E-state index in [1.165, 1.54) is 0 Å². The van der Waals surface area contributed by atoms with Crippen LogP contribution in [0.2, 0.25) is 0 Å². The first-order valence-corrected chi connectivity index (χ1v) is 7.12. The zero-order valence-corrected chi connectivity index (χ0v) is 13.2. The molecule has 0 radical (unpaired) electrons. The van der Waals surface area contributed by atoms with Gasteiger partial charge < -0.3 is 19.9 Å². The molecule has 0 heterocycles. The van der Waals surface area contributed by atoms with E-state index in [1.807, 2.05) is 30.3 Å². The van der Waals surface area contributed by atoms with E-state index in [1.54, 1.807) is 20.8 Å². The minimum atomic E-state index is -0.920. The Kier molecular flexibility index (Phi) is 6.85. The molecule has 22 heavy (non-hydrogen) atoms. The van der Waals surface area contributed by atoms with Gasteiger partial charge in [-0.1, -0.05) is 30.3 Å². The van der Waals surface area contributed by atoms with Gasteiger partial charge >= 0.3 is 12.1 Å². The fourth-order valence-corrected chi connectivity index (χ4v) is 1.72. The van der Waals surface area contributed by atoms with Crippen molar-refractivity contribution in [3.63, 3.8) is 0 Å². The highest BCUT2D eigenvalue weighted by atomic mass is 16.6. The number of hydrogen-bond acceptors (Lipinski definition) is 4. The van der Waals surface area contributed by atoms with Crippen LogP contribution in [-0.4, -0.2) is 36.0 Å². The van der Waals surface area contributed by atoms with Crippen molar-refractivity contribution in [1.82, 2.24) is 5.32 Å². The molecule has 1 unspecified atom stereocenters. The van der Waals surface area contributed by atoms with Crippen molar-refractivity contribution in [2.45, 2.75) is 38.8 Å². The highest BCUT2D eigenvalue weighted by Gasteiger charge is 2.20. The highest BCUT2D eigenvalue weighted by molar-refractivity contribution is 5.68. The molecule has 0 aliphatic carbocycles. The number of rotatable bonds is 7. The number of aliphatic carboxylic acids is 1. The van der Waals surface area contributed by atoms with Gasteiger partial charge in [0.1, 0.15) is 5.60 Å². The summed E-state index contributed by atoms with van der Waals surface area (Å²) < 4.78 is 10.6. The van der Waals surface area contributed by atoms with Crippen molar-refractivity contribution in [1.29, 1.82) is 0 Å². The maximum atomic E-state index is 11.9. The van der Waals surface area contributed by atoms with Crippen LogP contribution in [-0.2, 0) is 14.3 Å². The number of hydrogen-bond donors (Lipinski definition) is 2. The maximum Gasteiger partial charge on any atom is 0.408 e. The molecule has 1 rings (SSSR count). The van der Waals surface area contributed by atoms with Crippen LogP contribution in [0.25, 0.3) is 0 Å². The average Bonchev–Trinajstić information content (AvgIpc) is 2.41. The minimum absolute atomic E-state index is 0.0754. The third kappa shape index (κ3) is 7.64. The van der Waals surface area contributed by atoms with Crippen LogP contribution in [0.4, 0.5) is 4.79 Å². The summed E-state index contributed by atoms with van der Waals surface area (Å²) in [5.74, 6) is -0.920. The third-order valence-electron chi connectivity index (χ3n) is 2.64.